The van der Waals surface area contributed by atoms with E-state index in [0.717, 1.165) is 39.3 Å². The van der Waals surface area contributed by atoms with Crippen LogP contribution < -0.4 is 5.32 Å². The summed E-state index contributed by atoms with van der Waals surface area (Å²) >= 11 is 0. The molecule has 3 nitrogen and oxygen atoms in total. The van der Waals surface area contributed by atoms with Crippen LogP contribution >= 0.6 is 0 Å². The molecule has 0 bridgehead atoms. The number of benzene rings is 1. The molecule has 0 atom stereocenters. The van der Waals surface area contributed by atoms with Crippen LogP contribution in [-0.2, 0) is 17.8 Å². The first-order chi connectivity index (χ1) is 9.86. The first-order valence-corrected chi connectivity index (χ1v) is 7.72. The normalized spacial score (nSPS) is 11.3. The van der Waals surface area contributed by atoms with Crippen LogP contribution in [0.15, 0.2) is 30.5 Å². The van der Waals surface area contributed by atoms with E-state index in [1.165, 1.54) is 22.9 Å². The lowest BCUT2D eigenvalue weighted by molar-refractivity contribution is 0.142. The van der Waals surface area contributed by atoms with Gasteiger partial charge in [-0.3, -0.25) is 0 Å². The second kappa shape index (κ2) is 8.08. The van der Waals surface area contributed by atoms with E-state index in [0.29, 0.717) is 0 Å². The third-order valence-corrected chi connectivity index (χ3v) is 3.54. The molecule has 1 heterocycles. The Morgan fingerprint density at radius 1 is 1.20 bits per heavy atom. The van der Waals surface area contributed by atoms with Gasteiger partial charge in [0.25, 0.3) is 0 Å². The fourth-order valence-electron chi connectivity index (χ4n) is 2.52. The number of aromatic nitrogens is 1. The lowest BCUT2D eigenvalue weighted by Gasteiger charge is -2.08. The monoisotopic (exact) mass is 274 g/mol. The van der Waals surface area contributed by atoms with E-state index in [4.69, 9.17) is 4.74 Å². The smallest absolute Gasteiger partial charge is 0.0483 e. The summed E-state index contributed by atoms with van der Waals surface area (Å²) in [7, 11) is 0. The van der Waals surface area contributed by atoms with Gasteiger partial charge in [0.2, 0.25) is 0 Å². The zero-order valence-electron chi connectivity index (χ0n) is 12.7. The van der Waals surface area contributed by atoms with Crippen LogP contribution in [0.3, 0.4) is 0 Å². The molecule has 0 saturated carbocycles. The van der Waals surface area contributed by atoms with Crippen molar-refractivity contribution >= 4 is 10.9 Å². The number of hydrogen-bond acceptors (Lipinski definition) is 2. The van der Waals surface area contributed by atoms with Crippen molar-refractivity contribution in [1.82, 2.24) is 9.88 Å². The number of fused-ring (bicyclic) bond motifs is 1. The highest BCUT2D eigenvalue weighted by Crippen LogP contribution is 2.20. The quantitative estimate of drug-likeness (QED) is 0.708. The molecular weight excluding hydrogens is 248 g/mol. The van der Waals surface area contributed by atoms with Gasteiger partial charge in [0.15, 0.2) is 0 Å². The van der Waals surface area contributed by atoms with Crippen LogP contribution in [0, 0.1) is 0 Å². The molecule has 0 aliphatic heterocycles. The van der Waals surface area contributed by atoms with Gasteiger partial charge in [-0.05, 0) is 44.0 Å². The maximum atomic E-state index is 5.41. The Bertz CT molecular complexity index is 519. The Kier molecular flexibility index (Phi) is 6.09. The Hall–Kier alpha value is -1.32. The van der Waals surface area contributed by atoms with Crippen molar-refractivity contribution in [2.24, 2.45) is 0 Å². The Labute approximate surface area is 121 Å². The van der Waals surface area contributed by atoms with Crippen LogP contribution in [0.4, 0.5) is 0 Å². The number of aryl methyl sites for hydroxylation is 1. The average molecular weight is 274 g/mol. The van der Waals surface area contributed by atoms with E-state index in [2.05, 4.69) is 47.3 Å². The molecule has 3 heteroatoms. The first-order valence-electron chi connectivity index (χ1n) is 7.72. The summed E-state index contributed by atoms with van der Waals surface area (Å²) in [6.07, 6.45) is 4.43. The second-order valence-electron chi connectivity index (χ2n) is 5.09. The summed E-state index contributed by atoms with van der Waals surface area (Å²) in [5.41, 5.74) is 2.72. The maximum absolute atomic E-state index is 5.41. The predicted octanol–water partition coefficient (Wildman–Crippen LogP) is 3.57. The maximum Gasteiger partial charge on any atom is 0.0483 e. The zero-order chi connectivity index (χ0) is 14.2. The van der Waals surface area contributed by atoms with Crippen molar-refractivity contribution in [3.63, 3.8) is 0 Å². The van der Waals surface area contributed by atoms with Crippen molar-refractivity contribution in [3.05, 3.63) is 36.0 Å². The third kappa shape index (κ3) is 3.84. The van der Waals surface area contributed by atoms with E-state index in [9.17, 15) is 0 Å². The molecule has 0 fully saturated rings. The molecule has 1 N–H and O–H groups in total. The van der Waals surface area contributed by atoms with Crippen LogP contribution in [-0.4, -0.2) is 24.3 Å². The molecule has 2 rings (SSSR count). The Balaban J connectivity index is 2.04. The first kappa shape index (κ1) is 15.1. The van der Waals surface area contributed by atoms with Crippen LogP contribution in [0.5, 0.6) is 0 Å². The van der Waals surface area contributed by atoms with Gasteiger partial charge in [-0.2, -0.15) is 0 Å². The number of ether oxygens (including phenoxy) is 1. The van der Waals surface area contributed by atoms with Crippen molar-refractivity contribution in [3.8, 4) is 0 Å². The summed E-state index contributed by atoms with van der Waals surface area (Å²) in [6.45, 7) is 8.94. The molecule has 0 spiro atoms. The minimum absolute atomic E-state index is 0.805. The predicted molar refractivity (Wildman–Crippen MR) is 85.0 cm³/mol. The highest BCUT2D eigenvalue weighted by Gasteiger charge is 2.05. The largest absolute Gasteiger partial charge is 0.382 e. The van der Waals surface area contributed by atoms with Gasteiger partial charge in [-0.1, -0.05) is 19.1 Å². The fourth-order valence-corrected chi connectivity index (χ4v) is 2.52. The van der Waals surface area contributed by atoms with Gasteiger partial charge in [-0.25, -0.2) is 0 Å². The topological polar surface area (TPSA) is 26.2 Å². The average Bonchev–Trinajstić information content (AvgIpc) is 2.88. The minimum Gasteiger partial charge on any atom is -0.382 e. The summed E-state index contributed by atoms with van der Waals surface area (Å²) in [4.78, 5) is 0. The van der Waals surface area contributed by atoms with E-state index in [1.807, 2.05) is 6.92 Å². The van der Waals surface area contributed by atoms with Crippen molar-refractivity contribution in [2.45, 2.75) is 39.8 Å². The molecule has 1 aromatic heterocycles. The van der Waals surface area contributed by atoms with Gasteiger partial charge in [0.1, 0.15) is 0 Å². The van der Waals surface area contributed by atoms with Gasteiger partial charge in [0, 0.05) is 43.4 Å². The third-order valence-electron chi connectivity index (χ3n) is 3.54. The molecule has 0 unspecified atom stereocenters. The number of nitrogens with zero attached hydrogens (tertiary/aromatic N) is 1. The second-order valence-corrected chi connectivity index (χ2v) is 5.09. The Morgan fingerprint density at radius 2 is 2.10 bits per heavy atom. The molecule has 2 aromatic rings. The van der Waals surface area contributed by atoms with Crippen molar-refractivity contribution in [2.75, 3.05) is 19.8 Å². The van der Waals surface area contributed by atoms with Crippen LogP contribution in [0.1, 0.15) is 32.3 Å². The molecule has 0 amide bonds. The molecule has 110 valence electrons. The molecule has 1 aromatic carbocycles. The number of nitrogens with one attached hydrogen (secondary N) is 1. The standard InChI is InChI=1S/C17H26N2O/c1-3-10-18-14-15-7-5-8-17-16(15)9-12-19(17)11-6-13-20-4-2/h5,7-9,12,18H,3-4,6,10-11,13-14H2,1-2H3. The SMILES string of the molecule is CCCNCc1cccc2c1ccn2CCCOCC. The zero-order valence-corrected chi connectivity index (χ0v) is 12.7. The van der Waals surface area contributed by atoms with Crippen LogP contribution in [0.25, 0.3) is 10.9 Å². The van der Waals surface area contributed by atoms with Gasteiger partial charge >= 0.3 is 0 Å². The van der Waals surface area contributed by atoms with E-state index in [1.54, 1.807) is 0 Å². The fraction of sp³-hybridized carbons (Fsp3) is 0.529. The Morgan fingerprint density at radius 3 is 2.90 bits per heavy atom. The summed E-state index contributed by atoms with van der Waals surface area (Å²) < 4.78 is 7.74. The minimum atomic E-state index is 0.805. The molecular formula is C17H26N2O. The molecule has 20 heavy (non-hydrogen) atoms. The number of hydrogen-bond donors (Lipinski definition) is 1. The lowest BCUT2D eigenvalue weighted by atomic mass is 10.1. The molecule has 0 aliphatic carbocycles. The molecule has 0 saturated heterocycles. The van der Waals surface area contributed by atoms with E-state index in [-0.39, 0.29) is 0 Å². The van der Waals surface area contributed by atoms with Gasteiger partial charge in [0.05, 0.1) is 0 Å². The van der Waals surface area contributed by atoms with Gasteiger partial charge < -0.3 is 14.6 Å². The highest BCUT2D eigenvalue weighted by atomic mass is 16.5. The lowest BCUT2D eigenvalue weighted by Crippen LogP contribution is -2.13. The summed E-state index contributed by atoms with van der Waals surface area (Å²) in [5, 5.41) is 4.85. The van der Waals surface area contributed by atoms with Gasteiger partial charge in [-0.15, -0.1) is 0 Å². The van der Waals surface area contributed by atoms with Crippen molar-refractivity contribution in [1.29, 1.82) is 0 Å². The van der Waals surface area contributed by atoms with E-state index >= 15 is 0 Å². The number of rotatable bonds is 9. The highest BCUT2D eigenvalue weighted by molar-refractivity contribution is 5.83. The van der Waals surface area contributed by atoms with Crippen molar-refractivity contribution < 1.29 is 4.74 Å². The van der Waals surface area contributed by atoms with E-state index < -0.39 is 0 Å². The molecule has 0 aliphatic rings. The summed E-state index contributed by atoms with van der Waals surface area (Å²) in [6, 6.07) is 8.82. The van der Waals surface area contributed by atoms with Crippen LogP contribution in [0.2, 0.25) is 0 Å². The summed E-state index contributed by atoms with van der Waals surface area (Å²) in [5.74, 6) is 0. The molecule has 0 radical (unpaired) electrons.